The molecule has 0 aliphatic carbocycles. The number of nitro benzene ring substituents is 1. The van der Waals surface area contributed by atoms with Crippen molar-refractivity contribution in [1.29, 1.82) is 0 Å². The topological polar surface area (TPSA) is 148 Å². The van der Waals surface area contributed by atoms with Crippen LogP contribution in [0.4, 0.5) is 38.8 Å². The average molecular weight is 420 g/mol. The summed E-state index contributed by atoms with van der Waals surface area (Å²) >= 11 is 5.72. The first-order valence-corrected chi connectivity index (χ1v) is 8.21. The van der Waals surface area contributed by atoms with Crippen molar-refractivity contribution in [3.8, 4) is 0 Å². The van der Waals surface area contributed by atoms with Crippen LogP contribution in [0, 0.1) is 26.0 Å². The van der Waals surface area contributed by atoms with Gasteiger partial charge in [-0.1, -0.05) is 11.6 Å². The van der Waals surface area contributed by atoms with Gasteiger partial charge in [0.1, 0.15) is 12.1 Å². The summed E-state index contributed by atoms with van der Waals surface area (Å²) in [6, 6.07) is 9.07. The van der Waals surface area contributed by atoms with Gasteiger partial charge >= 0.3 is 5.69 Å². The van der Waals surface area contributed by atoms with Gasteiger partial charge in [0.05, 0.1) is 20.6 Å². The van der Waals surface area contributed by atoms with Crippen molar-refractivity contribution in [2.24, 2.45) is 0 Å². The highest BCUT2D eigenvalue weighted by atomic mass is 35.5. The molecule has 3 aromatic rings. The van der Waals surface area contributed by atoms with Crippen LogP contribution < -0.4 is 16.2 Å². The zero-order valence-corrected chi connectivity index (χ0v) is 15.1. The van der Waals surface area contributed by atoms with E-state index in [-0.39, 0.29) is 28.0 Å². The Morgan fingerprint density at radius 2 is 1.55 bits per heavy atom. The Hall–Kier alpha value is -4.06. The van der Waals surface area contributed by atoms with Crippen LogP contribution in [-0.2, 0) is 0 Å². The van der Waals surface area contributed by atoms with Gasteiger partial charge in [0.15, 0.2) is 0 Å². The van der Waals surface area contributed by atoms with Gasteiger partial charge < -0.3 is 5.32 Å². The number of halogens is 2. The monoisotopic (exact) mass is 419 g/mol. The summed E-state index contributed by atoms with van der Waals surface area (Å²) in [5.74, 6) is -0.955. The molecule has 0 bridgehead atoms. The quantitative estimate of drug-likeness (QED) is 0.377. The van der Waals surface area contributed by atoms with Crippen LogP contribution in [0.3, 0.4) is 0 Å². The van der Waals surface area contributed by atoms with E-state index in [0.29, 0.717) is 5.69 Å². The normalized spacial score (nSPS) is 10.3. The molecule has 11 nitrogen and oxygen atoms in total. The molecule has 3 N–H and O–H groups in total. The number of hydrazine groups is 1. The smallest absolute Gasteiger partial charge is 0.334 e. The van der Waals surface area contributed by atoms with Crippen molar-refractivity contribution in [2.45, 2.75) is 0 Å². The predicted octanol–water partition coefficient (Wildman–Crippen LogP) is 4.27. The molecule has 0 unspecified atom stereocenters. The van der Waals surface area contributed by atoms with Gasteiger partial charge in [0.25, 0.3) is 5.69 Å². The van der Waals surface area contributed by atoms with E-state index < -0.39 is 21.4 Å². The summed E-state index contributed by atoms with van der Waals surface area (Å²) in [6.07, 6.45) is 1.08. The summed E-state index contributed by atoms with van der Waals surface area (Å²) in [6.45, 7) is 0. The van der Waals surface area contributed by atoms with Gasteiger partial charge in [-0.05, 0) is 30.3 Å². The Kier molecular flexibility index (Phi) is 5.64. The van der Waals surface area contributed by atoms with E-state index in [2.05, 4.69) is 26.1 Å². The number of nitrogens with zero attached hydrogens (tertiary/aromatic N) is 4. The third-order valence-electron chi connectivity index (χ3n) is 3.59. The molecule has 3 rings (SSSR count). The molecule has 1 heterocycles. The van der Waals surface area contributed by atoms with E-state index >= 15 is 0 Å². The van der Waals surface area contributed by atoms with Gasteiger partial charge in [-0.25, -0.2) is 14.4 Å². The Morgan fingerprint density at radius 3 is 2.17 bits per heavy atom. The first kappa shape index (κ1) is 19.7. The van der Waals surface area contributed by atoms with Gasteiger partial charge in [0.2, 0.25) is 11.6 Å². The Bertz CT molecular complexity index is 1080. The third kappa shape index (κ3) is 4.62. The molecular formula is C16H11ClFN7O4. The van der Waals surface area contributed by atoms with Crippen molar-refractivity contribution >= 4 is 46.0 Å². The summed E-state index contributed by atoms with van der Waals surface area (Å²) < 4.78 is 13.3. The Labute approximate surface area is 166 Å². The van der Waals surface area contributed by atoms with E-state index in [1.165, 1.54) is 36.4 Å². The van der Waals surface area contributed by atoms with Crippen molar-refractivity contribution in [3.63, 3.8) is 0 Å². The van der Waals surface area contributed by atoms with Crippen LogP contribution in [0.2, 0.25) is 5.02 Å². The summed E-state index contributed by atoms with van der Waals surface area (Å²) in [7, 11) is 0. The number of aromatic nitrogens is 2. The predicted molar refractivity (Wildman–Crippen MR) is 104 cm³/mol. The first-order valence-electron chi connectivity index (χ1n) is 7.83. The molecule has 0 saturated heterocycles. The number of nitrogens with one attached hydrogen (secondary N) is 3. The van der Waals surface area contributed by atoms with E-state index in [0.717, 1.165) is 12.4 Å². The van der Waals surface area contributed by atoms with Gasteiger partial charge in [-0.2, -0.15) is 0 Å². The van der Waals surface area contributed by atoms with E-state index in [1.54, 1.807) is 0 Å². The number of hydrogen-bond acceptors (Lipinski definition) is 9. The van der Waals surface area contributed by atoms with E-state index in [1.807, 2.05) is 0 Å². The molecule has 148 valence electrons. The fourth-order valence-corrected chi connectivity index (χ4v) is 2.42. The fourth-order valence-electron chi connectivity index (χ4n) is 2.24. The summed E-state index contributed by atoms with van der Waals surface area (Å²) in [5, 5.41) is 24.8. The molecule has 0 aliphatic rings. The highest BCUT2D eigenvalue weighted by molar-refractivity contribution is 6.31. The Balaban J connectivity index is 1.83. The largest absolute Gasteiger partial charge is 0.355 e. The Morgan fingerprint density at radius 1 is 0.897 bits per heavy atom. The van der Waals surface area contributed by atoms with Crippen LogP contribution in [-0.4, -0.2) is 19.8 Å². The minimum absolute atomic E-state index is 0.104. The van der Waals surface area contributed by atoms with E-state index in [4.69, 9.17) is 11.6 Å². The lowest BCUT2D eigenvalue weighted by Crippen LogP contribution is -2.13. The standard InChI is InChI=1S/C16H11ClFN7O4/c17-12-7-10(3-6-13(12)18)21-15-14(25(28)29)16(20-8-19-15)23-22-9-1-4-11(5-2-9)24(26)27/h1-8,22H,(H2,19,20,21,23). The molecule has 0 amide bonds. The van der Waals surface area contributed by atoms with Crippen LogP contribution >= 0.6 is 11.6 Å². The maximum absolute atomic E-state index is 13.3. The molecule has 29 heavy (non-hydrogen) atoms. The molecule has 1 aromatic heterocycles. The van der Waals surface area contributed by atoms with Crippen LogP contribution in [0.25, 0.3) is 0 Å². The zero-order valence-electron chi connectivity index (χ0n) is 14.3. The van der Waals surface area contributed by atoms with Crippen molar-refractivity contribution in [2.75, 3.05) is 16.2 Å². The van der Waals surface area contributed by atoms with Gasteiger partial charge in [-0.15, -0.1) is 0 Å². The molecular weight excluding hydrogens is 409 g/mol. The minimum atomic E-state index is -0.701. The molecule has 0 radical (unpaired) electrons. The van der Waals surface area contributed by atoms with E-state index in [9.17, 15) is 24.6 Å². The number of non-ortho nitro benzene ring substituents is 1. The van der Waals surface area contributed by atoms with Crippen molar-refractivity contribution < 1.29 is 14.2 Å². The lowest BCUT2D eigenvalue weighted by molar-refractivity contribution is -0.384. The third-order valence-corrected chi connectivity index (χ3v) is 3.88. The van der Waals surface area contributed by atoms with Crippen molar-refractivity contribution in [1.82, 2.24) is 9.97 Å². The van der Waals surface area contributed by atoms with Crippen LogP contribution in [0.1, 0.15) is 0 Å². The number of hydrogen-bond donors (Lipinski definition) is 3. The number of benzene rings is 2. The molecule has 0 atom stereocenters. The fraction of sp³-hybridized carbons (Fsp3) is 0. The second-order valence-corrected chi connectivity index (χ2v) is 5.89. The zero-order chi connectivity index (χ0) is 21.0. The molecule has 2 aromatic carbocycles. The van der Waals surface area contributed by atoms with Crippen LogP contribution in [0.15, 0.2) is 48.8 Å². The summed E-state index contributed by atoms with van der Waals surface area (Å²) in [5.41, 5.74) is 5.33. The van der Waals surface area contributed by atoms with Crippen molar-refractivity contribution in [3.05, 3.63) is 79.9 Å². The number of anilines is 4. The molecule has 0 spiro atoms. The molecule has 0 fully saturated rings. The average Bonchev–Trinajstić information content (AvgIpc) is 2.69. The maximum atomic E-state index is 13.3. The second-order valence-electron chi connectivity index (χ2n) is 5.48. The minimum Gasteiger partial charge on any atom is -0.334 e. The van der Waals surface area contributed by atoms with Crippen LogP contribution in [0.5, 0.6) is 0 Å². The SMILES string of the molecule is O=[N+]([O-])c1ccc(NNc2ncnc(Nc3ccc(F)c(Cl)c3)c2[N+](=O)[O-])cc1. The molecule has 13 heteroatoms. The number of nitro groups is 2. The maximum Gasteiger partial charge on any atom is 0.355 e. The molecule has 0 aliphatic heterocycles. The number of rotatable bonds is 7. The first-order chi connectivity index (χ1) is 13.8. The van der Waals surface area contributed by atoms with Gasteiger partial charge in [-0.3, -0.25) is 31.1 Å². The second kappa shape index (κ2) is 8.31. The lowest BCUT2D eigenvalue weighted by Gasteiger charge is -2.11. The highest BCUT2D eigenvalue weighted by Crippen LogP contribution is 2.32. The molecule has 0 saturated carbocycles. The highest BCUT2D eigenvalue weighted by Gasteiger charge is 2.23. The summed E-state index contributed by atoms with van der Waals surface area (Å²) in [4.78, 5) is 28.7. The lowest BCUT2D eigenvalue weighted by atomic mass is 10.3. The van der Waals surface area contributed by atoms with Gasteiger partial charge in [0, 0.05) is 17.8 Å².